The van der Waals surface area contributed by atoms with E-state index >= 15 is 0 Å². The van der Waals surface area contributed by atoms with Gasteiger partial charge >= 0.3 is 0 Å². The van der Waals surface area contributed by atoms with Gasteiger partial charge in [-0.25, -0.2) is 4.39 Å². The van der Waals surface area contributed by atoms with Gasteiger partial charge < -0.3 is 5.11 Å². The third kappa shape index (κ3) is 1.44. The van der Waals surface area contributed by atoms with Crippen molar-refractivity contribution in [2.24, 2.45) is 0 Å². The number of aliphatic hydroxyl groups is 1. The van der Waals surface area contributed by atoms with Gasteiger partial charge in [-0.3, -0.25) is 0 Å². The number of nitrogens with zero attached hydrogens (tertiary/aromatic N) is 1. The summed E-state index contributed by atoms with van der Waals surface area (Å²) in [5, 5.41) is 17.4. The smallest absolute Gasteiger partial charge is 0.168 e. The van der Waals surface area contributed by atoms with Crippen LogP contribution < -0.4 is 0 Å². The molecule has 12 heavy (non-hydrogen) atoms. The maximum absolute atomic E-state index is 13.1. The molecule has 0 heterocycles. The Balaban J connectivity index is 3.18. The molecule has 3 heteroatoms. The molecule has 0 aliphatic carbocycles. The van der Waals surface area contributed by atoms with Crippen molar-refractivity contribution in [2.45, 2.75) is 13.0 Å². The lowest BCUT2D eigenvalue weighted by molar-refractivity contribution is 0.230. The Labute approximate surface area is 69.9 Å². The molecule has 0 amide bonds. The first-order chi connectivity index (χ1) is 5.66. The van der Waals surface area contributed by atoms with E-state index in [4.69, 9.17) is 10.4 Å². The maximum Gasteiger partial charge on any atom is 0.168 e. The molecular formula is C9H8FNO. The number of aliphatic hydroxyl groups excluding tert-OH is 1. The second-order valence-electron chi connectivity index (χ2n) is 2.51. The molecule has 1 atom stereocenters. The van der Waals surface area contributed by atoms with Gasteiger partial charge in [-0.15, -0.1) is 0 Å². The second kappa shape index (κ2) is 3.33. The predicted molar refractivity (Wildman–Crippen MR) is 41.7 cm³/mol. The van der Waals surface area contributed by atoms with Crippen molar-refractivity contribution >= 4 is 0 Å². The lowest BCUT2D eigenvalue weighted by Crippen LogP contribution is -1.98. The summed E-state index contributed by atoms with van der Waals surface area (Å²) in [5.41, 5.74) is 0.472. The van der Waals surface area contributed by atoms with Crippen LogP contribution in [0.1, 0.15) is 17.2 Å². The molecule has 1 unspecified atom stereocenters. The Hall–Kier alpha value is -1.40. The molecule has 62 valence electrons. The summed E-state index contributed by atoms with van der Waals surface area (Å²) >= 11 is 0. The van der Waals surface area contributed by atoms with Crippen molar-refractivity contribution in [1.82, 2.24) is 0 Å². The second-order valence-corrected chi connectivity index (χ2v) is 2.51. The van der Waals surface area contributed by atoms with Crippen LogP contribution in [0.4, 0.5) is 4.39 Å². The standard InChI is InChI=1S/C9H8FNO/c1-6-3-2-4-7(9(6)10)8(12)5-11/h2-4,8,12H,1H3. The van der Waals surface area contributed by atoms with Crippen molar-refractivity contribution in [3.63, 3.8) is 0 Å². The summed E-state index contributed by atoms with van der Waals surface area (Å²) < 4.78 is 13.1. The molecule has 0 saturated carbocycles. The van der Waals surface area contributed by atoms with Gasteiger partial charge in [-0.2, -0.15) is 5.26 Å². The third-order valence-electron chi connectivity index (χ3n) is 1.64. The van der Waals surface area contributed by atoms with Gasteiger partial charge in [0.25, 0.3) is 0 Å². The first kappa shape index (κ1) is 8.69. The zero-order valence-corrected chi connectivity index (χ0v) is 6.58. The zero-order valence-electron chi connectivity index (χ0n) is 6.58. The van der Waals surface area contributed by atoms with Gasteiger partial charge in [0.05, 0.1) is 6.07 Å². The number of hydrogen-bond donors (Lipinski definition) is 1. The van der Waals surface area contributed by atoms with E-state index < -0.39 is 11.9 Å². The molecule has 2 nitrogen and oxygen atoms in total. The van der Waals surface area contributed by atoms with Crippen LogP contribution in [0.2, 0.25) is 0 Å². The molecule has 1 N–H and O–H groups in total. The van der Waals surface area contributed by atoms with Gasteiger partial charge in [0.15, 0.2) is 6.10 Å². The summed E-state index contributed by atoms with van der Waals surface area (Å²) in [6.45, 7) is 1.59. The van der Waals surface area contributed by atoms with E-state index in [0.29, 0.717) is 5.56 Å². The molecule has 1 aromatic carbocycles. The summed E-state index contributed by atoms with van der Waals surface area (Å²) in [5.74, 6) is -0.508. The van der Waals surface area contributed by atoms with Gasteiger partial charge in [0.1, 0.15) is 5.82 Å². The monoisotopic (exact) mass is 165 g/mol. The molecule has 1 aromatic rings. The van der Waals surface area contributed by atoms with E-state index in [-0.39, 0.29) is 5.56 Å². The highest BCUT2D eigenvalue weighted by molar-refractivity contribution is 5.29. The van der Waals surface area contributed by atoms with E-state index in [1.807, 2.05) is 0 Å². The summed E-state index contributed by atoms with van der Waals surface area (Å²) in [6, 6.07) is 6.16. The van der Waals surface area contributed by atoms with Crippen LogP contribution in [-0.2, 0) is 0 Å². The van der Waals surface area contributed by atoms with E-state index in [9.17, 15) is 4.39 Å². The van der Waals surface area contributed by atoms with Crippen molar-refractivity contribution in [1.29, 1.82) is 5.26 Å². The predicted octanol–water partition coefficient (Wildman–Crippen LogP) is 1.69. The molecule has 0 spiro atoms. The molecular weight excluding hydrogens is 157 g/mol. The average molecular weight is 165 g/mol. The van der Waals surface area contributed by atoms with Gasteiger partial charge in [0.2, 0.25) is 0 Å². The van der Waals surface area contributed by atoms with Crippen LogP contribution in [0, 0.1) is 24.1 Å². The quantitative estimate of drug-likeness (QED) is 0.643. The minimum Gasteiger partial charge on any atom is -0.374 e. The molecule has 0 fully saturated rings. The average Bonchev–Trinajstić information content (AvgIpc) is 2.08. The largest absolute Gasteiger partial charge is 0.374 e. The highest BCUT2D eigenvalue weighted by Gasteiger charge is 2.12. The molecule has 0 bridgehead atoms. The van der Waals surface area contributed by atoms with Crippen molar-refractivity contribution in [3.05, 3.63) is 35.1 Å². The van der Waals surface area contributed by atoms with Crippen LogP contribution in [0.15, 0.2) is 18.2 Å². The number of rotatable bonds is 1. The Morgan fingerprint density at radius 3 is 2.83 bits per heavy atom. The van der Waals surface area contributed by atoms with Crippen LogP contribution in [0.25, 0.3) is 0 Å². The highest BCUT2D eigenvalue weighted by Crippen LogP contribution is 2.18. The minimum absolute atomic E-state index is 0.0394. The van der Waals surface area contributed by atoms with Gasteiger partial charge in [0, 0.05) is 5.56 Å². The minimum atomic E-state index is -1.37. The topological polar surface area (TPSA) is 44.0 Å². The van der Waals surface area contributed by atoms with Crippen LogP contribution in [0.5, 0.6) is 0 Å². The first-order valence-corrected chi connectivity index (χ1v) is 3.49. The van der Waals surface area contributed by atoms with Crippen LogP contribution in [-0.4, -0.2) is 5.11 Å². The van der Waals surface area contributed by atoms with Crippen molar-refractivity contribution < 1.29 is 9.50 Å². The van der Waals surface area contributed by atoms with Crippen LogP contribution in [0.3, 0.4) is 0 Å². The van der Waals surface area contributed by atoms with E-state index in [1.165, 1.54) is 6.07 Å². The molecule has 0 saturated heterocycles. The normalized spacial score (nSPS) is 12.2. The molecule has 0 radical (unpaired) electrons. The molecule has 1 rings (SSSR count). The Morgan fingerprint density at radius 2 is 2.25 bits per heavy atom. The summed E-state index contributed by atoms with van der Waals surface area (Å²) in [4.78, 5) is 0. The fraction of sp³-hybridized carbons (Fsp3) is 0.222. The Morgan fingerprint density at radius 1 is 1.58 bits per heavy atom. The fourth-order valence-corrected chi connectivity index (χ4v) is 0.951. The van der Waals surface area contributed by atoms with Crippen LogP contribution >= 0.6 is 0 Å². The lowest BCUT2D eigenvalue weighted by Gasteiger charge is -2.04. The van der Waals surface area contributed by atoms with E-state index in [1.54, 1.807) is 25.1 Å². The third-order valence-corrected chi connectivity index (χ3v) is 1.64. The maximum atomic E-state index is 13.1. The molecule has 0 aliphatic rings. The Kier molecular flexibility index (Phi) is 2.41. The number of hydrogen-bond acceptors (Lipinski definition) is 2. The van der Waals surface area contributed by atoms with E-state index in [0.717, 1.165) is 0 Å². The van der Waals surface area contributed by atoms with Gasteiger partial charge in [-0.05, 0) is 12.5 Å². The number of benzene rings is 1. The van der Waals surface area contributed by atoms with Gasteiger partial charge in [-0.1, -0.05) is 18.2 Å². The zero-order chi connectivity index (χ0) is 9.14. The fourth-order valence-electron chi connectivity index (χ4n) is 0.951. The highest BCUT2D eigenvalue weighted by atomic mass is 19.1. The van der Waals surface area contributed by atoms with Crippen molar-refractivity contribution in [3.8, 4) is 6.07 Å². The van der Waals surface area contributed by atoms with E-state index in [2.05, 4.69) is 0 Å². The first-order valence-electron chi connectivity index (χ1n) is 3.49. The summed E-state index contributed by atoms with van der Waals surface area (Å²) in [6.07, 6.45) is -1.37. The number of halogens is 1. The number of aryl methyl sites for hydroxylation is 1. The number of nitriles is 1. The molecule has 0 aromatic heterocycles. The lowest BCUT2D eigenvalue weighted by atomic mass is 10.1. The SMILES string of the molecule is Cc1cccc(C(O)C#N)c1F. The molecule has 0 aliphatic heterocycles. The Bertz CT molecular complexity index is 330. The van der Waals surface area contributed by atoms with Crippen molar-refractivity contribution in [2.75, 3.05) is 0 Å². The summed E-state index contributed by atoms with van der Waals surface area (Å²) in [7, 11) is 0.